The van der Waals surface area contributed by atoms with Crippen LogP contribution >= 0.6 is 22.9 Å². The summed E-state index contributed by atoms with van der Waals surface area (Å²) >= 11 is 7.65. The Kier molecular flexibility index (Phi) is 15.1. The summed E-state index contributed by atoms with van der Waals surface area (Å²) in [5.41, 5.74) is 4.71. The summed E-state index contributed by atoms with van der Waals surface area (Å²) in [5.74, 6) is 1.11. The van der Waals surface area contributed by atoms with Crippen molar-refractivity contribution in [3.05, 3.63) is 96.7 Å². The van der Waals surface area contributed by atoms with Crippen LogP contribution in [0.1, 0.15) is 69.0 Å². The second-order valence-electron chi connectivity index (χ2n) is 15.4. The van der Waals surface area contributed by atoms with E-state index in [0.29, 0.717) is 80.3 Å². The maximum atomic E-state index is 13.2. The summed E-state index contributed by atoms with van der Waals surface area (Å²) in [6.07, 6.45) is 4.18. The van der Waals surface area contributed by atoms with Gasteiger partial charge in [-0.15, -0.1) is 11.3 Å². The number of carbonyl (C=O) groups excluding carboxylic acids is 3. The quantitative estimate of drug-likeness (QED) is 0.0836. The minimum Gasteiger partial charge on any atom is -0.379 e. The number of thiazole rings is 1. The third-order valence-corrected chi connectivity index (χ3v) is 12.4. The minimum absolute atomic E-state index is 0.0601. The van der Waals surface area contributed by atoms with Crippen LogP contribution in [0.4, 0.5) is 11.5 Å². The molecule has 3 aromatic heterocycles. The second-order valence-corrected chi connectivity index (χ2v) is 17.0. The molecule has 1 aliphatic heterocycles. The van der Waals surface area contributed by atoms with Gasteiger partial charge in [-0.1, -0.05) is 35.9 Å². The van der Waals surface area contributed by atoms with E-state index < -0.39 is 6.04 Å². The zero-order valence-electron chi connectivity index (χ0n) is 35.0. The fourth-order valence-electron chi connectivity index (χ4n) is 7.94. The number of nitrogens with zero attached hydrogens (tertiary/aromatic N) is 7. The molecule has 1 atom stereocenters. The summed E-state index contributed by atoms with van der Waals surface area (Å²) in [7, 11) is 1.73. The van der Waals surface area contributed by atoms with E-state index in [1.807, 2.05) is 50.2 Å². The Morgan fingerprint density at radius 3 is 2.43 bits per heavy atom. The van der Waals surface area contributed by atoms with E-state index in [9.17, 15) is 19.2 Å². The van der Waals surface area contributed by atoms with Gasteiger partial charge < -0.3 is 24.4 Å². The first-order valence-corrected chi connectivity index (χ1v) is 22.0. The van der Waals surface area contributed by atoms with Crippen LogP contribution in [0.3, 0.4) is 0 Å². The molecule has 0 radical (unpaired) electrons. The molecule has 1 N–H and O–H groups in total. The SMILES string of the molecule is Cc1nc(Cc2ncc(C(=O)Nc3c(C)cccc3Cl)s2)cc(N2CCN(CCOCCOCCOCCCc3cccc4c3n(C)c(=O)n4C3CCC(=O)CC3=O)CC2)n1. The van der Waals surface area contributed by atoms with Crippen molar-refractivity contribution < 1.29 is 28.6 Å². The van der Waals surface area contributed by atoms with Crippen LogP contribution < -0.4 is 15.9 Å². The normalized spacial score (nSPS) is 16.2. The van der Waals surface area contributed by atoms with Crippen LogP contribution in [0.25, 0.3) is 11.0 Å². The summed E-state index contributed by atoms with van der Waals surface area (Å²) in [6.45, 7) is 11.3. The van der Waals surface area contributed by atoms with Crippen molar-refractivity contribution in [2.75, 3.05) is 82.6 Å². The molecule has 1 unspecified atom stereocenters. The molecule has 2 aromatic carbocycles. The number of nitrogens with one attached hydrogen (secondary N) is 1. The Balaban J connectivity index is 0.748. The number of Topliss-reactive ketones (excluding diaryl/α,β-unsaturated/α-hetero) is 2. The average Bonchev–Trinajstić information content (AvgIpc) is 3.81. The molecule has 15 nitrogen and oxygen atoms in total. The molecule has 7 rings (SSSR count). The Morgan fingerprint density at radius 2 is 1.67 bits per heavy atom. The summed E-state index contributed by atoms with van der Waals surface area (Å²) in [4.78, 5) is 69.6. The number of imidazole rings is 1. The Bertz CT molecular complexity index is 2390. The molecule has 1 amide bonds. The van der Waals surface area contributed by atoms with Crippen molar-refractivity contribution >= 4 is 63.0 Å². The zero-order valence-corrected chi connectivity index (χ0v) is 36.6. The molecular weight excluding hydrogens is 820 g/mol. The molecule has 1 saturated heterocycles. The fraction of sp³-hybridized carbons (Fsp3) is 0.477. The van der Waals surface area contributed by atoms with E-state index in [0.717, 1.165) is 84.2 Å². The number of benzene rings is 2. The highest BCUT2D eigenvalue weighted by molar-refractivity contribution is 7.13. The molecule has 1 aliphatic carbocycles. The van der Waals surface area contributed by atoms with Crippen LogP contribution in [0.15, 0.2) is 53.5 Å². The first kappa shape index (κ1) is 44.2. The van der Waals surface area contributed by atoms with E-state index in [2.05, 4.69) is 25.1 Å². The molecule has 17 heteroatoms. The van der Waals surface area contributed by atoms with Crippen molar-refractivity contribution in [3.8, 4) is 0 Å². The standard InChI is InChI=1S/C44H53ClN8O7S/c1-29-7-4-10-34(45)41(29)49-43(56)38-28-46-40(61-38)26-32-25-39(48-30(2)47-32)52-16-14-51(15-17-52)18-20-59-22-24-60-23-21-58-19-6-9-31-8-5-11-36-42(31)50(3)44(57)53(36)35-13-12-33(54)27-37(35)55/h4-5,7-8,10-11,25,28,35H,6,9,12-24,26-27H2,1-3H3,(H,49,56). The van der Waals surface area contributed by atoms with Gasteiger partial charge in [0.2, 0.25) is 0 Å². The largest absolute Gasteiger partial charge is 0.379 e. The van der Waals surface area contributed by atoms with Gasteiger partial charge in [-0.2, -0.15) is 0 Å². The van der Waals surface area contributed by atoms with Crippen molar-refractivity contribution in [2.45, 2.75) is 58.4 Å². The molecule has 0 spiro atoms. The van der Waals surface area contributed by atoms with E-state index in [1.54, 1.807) is 28.4 Å². The van der Waals surface area contributed by atoms with Crippen LogP contribution in [-0.4, -0.2) is 119 Å². The lowest BCUT2D eigenvalue weighted by Crippen LogP contribution is -2.47. The van der Waals surface area contributed by atoms with Gasteiger partial charge >= 0.3 is 5.69 Å². The van der Waals surface area contributed by atoms with E-state index in [1.165, 1.54) is 11.3 Å². The van der Waals surface area contributed by atoms with Crippen LogP contribution in [0.2, 0.25) is 5.02 Å². The maximum absolute atomic E-state index is 13.2. The molecule has 0 bridgehead atoms. The molecular formula is C44H53ClN8O7S. The lowest BCUT2D eigenvalue weighted by Gasteiger charge is -2.35. The number of hydrogen-bond acceptors (Lipinski definition) is 13. The minimum atomic E-state index is -0.593. The number of anilines is 2. The van der Waals surface area contributed by atoms with Crippen molar-refractivity contribution in [2.24, 2.45) is 7.05 Å². The number of halogens is 1. The van der Waals surface area contributed by atoms with Gasteiger partial charge in [-0.05, 0) is 56.4 Å². The number of carbonyl (C=O) groups is 3. The molecule has 2 fully saturated rings. The fourth-order valence-corrected chi connectivity index (χ4v) is 9.04. The number of piperazine rings is 1. The van der Waals surface area contributed by atoms with Gasteiger partial charge in [0, 0.05) is 65.3 Å². The number of ether oxygens (including phenoxy) is 3. The number of aryl methyl sites for hydroxylation is 4. The summed E-state index contributed by atoms with van der Waals surface area (Å²) in [6, 6.07) is 12.7. The first-order chi connectivity index (χ1) is 29.5. The predicted octanol–water partition coefficient (Wildman–Crippen LogP) is 5.37. The molecule has 4 heterocycles. The molecule has 324 valence electrons. The van der Waals surface area contributed by atoms with Gasteiger partial charge in [0.25, 0.3) is 5.91 Å². The molecule has 61 heavy (non-hydrogen) atoms. The Morgan fingerprint density at radius 1 is 0.934 bits per heavy atom. The topological polar surface area (TPSA) is 163 Å². The lowest BCUT2D eigenvalue weighted by molar-refractivity contribution is -0.132. The second kappa shape index (κ2) is 20.8. The highest BCUT2D eigenvalue weighted by atomic mass is 35.5. The number of hydrogen-bond donors (Lipinski definition) is 1. The Hall–Kier alpha value is -4.84. The molecule has 2 aliphatic rings. The van der Waals surface area contributed by atoms with Gasteiger partial charge in [-0.3, -0.25) is 28.4 Å². The number of aromatic nitrogens is 5. The van der Waals surface area contributed by atoms with Gasteiger partial charge in [0.1, 0.15) is 22.3 Å². The van der Waals surface area contributed by atoms with Crippen molar-refractivity contribution in [3.63, 3.8) is 0 Å². The average molecular weight is 873 g/mol. The number of para-hydroxylation sites is 2. The summed E-state index contributed by atoms with van der Waals surface area (Å²) < 4.78 is 20.6. The van der Waals surface area contributed by atoms with E-state index in [4.69, 9.17) is 30.8 Å². The number of fused-ring (bicyclic) bond motifs is 1. The number of ketones is 2. The third-order valence-electron chi connectivity index (χ3n) is 11.1. The van der Waals surface area contributed by atoms with E-state index in [-0.39, 0.29) is 29.6 Å². The Labute approximate surface area is 364 Å². The highest BCUT2D eigenvalue weighted by Gasteiger charge is 2.32. The molecule has 1 saturated carbocycles. The van der Waals surface area contributed by atoms with Crippen LogP contribution in [-0.2, 0) is 43.7 Å². The predicted molar refractivity (Wildman–Crippen MR) is 235 cm³/mol. The lowest BCUT2D eigenvalue weighted by atomic mass is 9.92. The molecule has 5 aromatic rings. The third kappa shape index (κ3) is 11.2. The number of amides is 1. The van der Waals surface area contributed by atoms with Gasteiger partial charge in [0.15, 0.2) is 5.78 Å². The van der Waals surface area contributed by atoms with Crippen LogP contribution in [0, 0.1) is 13.8 Å². The zero-order chi connectivity index (χ0) is 42.9. The van der Waals surface area contributed by atoms with Gasteiger partial charge in [0.05, 0.1) is 84.1 Å². The first-order valence-electron chi connectivity index (χ1n) is 20.8. The summed E-state index contributed by atoms with van der Waals surface area (Å²) in [5, 5.41) is 4.21. The number of rotatable bonds is 19. The van der Waals surface area contributed by atoms with Crippen LogP contribution in [0.5, 0.6) is 0 Å². The maximum Gasteiger partial charge on any atom is 0.329 e. The smallest absolute Gasteiger partial charge is 0.329 e. The van der Waals surface area contributed by atoms with Gasteiger partial charge in [-0.25, -0.2) is 19.7 Å². The highest BCUT2D eigenvalue weighted by Crippen LogP contribution is 2.29. The van der Waals surface area contributed by atoms with Crippen molar-refractivity contribution in [1.82, 2.24) is 29.0 Å². The monoisotopic (exact) mass is 872 g/mol. The van der Waals surface area contributed by atoms with Crippen molar-refractivity contribution in [1.29, 1.82) is 0 Å². The van der Waals surface area contributed by atoms with E-state index >= 15 is 0 Å².